The number of hydrogen-bond donors (Lipinski definition) is 1. The summed E-state index contributed by atoms with van der Waals surface area (Å²) >= 11 is 0. The first-order chi connectivity index (χ1) is 5.47. The first-order valence-electron chi connectivity index (χ1n) is 4.62. The predicted molar refractivity (Wildman–Crippen MR) is 46.1 cm³/mol. The van der Waals surface area contributed by atoms with Crippen LogP contribution in [-0.4, -0.2) is 24.1 Å². The Labute approximate surface area is 68.2 Å². The fourth-order valence-corrected chi connectivity index (χ4v) is 1.96. The van der Waals surface area contributed by atoms with Crippen molar-refractivity contribution < 1.29 is 0 Å². The minimum atomic E-state index is 0.780. The zero-order chi connectivity index (χ0) is 7.52. The maximum absolute atomic E-state index is 3.43. The maximum atomic E-state index is 3.43. The molecule has 0 aromatic heterocycles. The van der Waals surface area contributed by atoms with E-state index in [2.05, 4.69) is 22.6 Å². The van der Waals surface area contributed by atoms with E-state index in [0.717, 1.165) is 12.6 Å². The molecule has 11 heavy (non-hydrogen) atoms. The van der Waals surface area contributed by atoms with Gasteiger partial charge >= 0.3 is 0 Å². The Balaban J connectivity index is 1.98. The maximum Gasteiger partial charge on any atom is 0.0283 e. The second kappa shape index (κ2) is 3.37. The highest BCUT2D eigenvalue weighted by Crippen LogP contribution is 2.18. The molecule has 1 saturated heterocycles. The van der Waals surface area contributed by atoms with Crippen molar-refractivity contribution in [3.63, 3.8) is 0 Å². The predicted octanol–water partition coefficient (Wildman–Crippen LogP) is 1.31. The summed E-state index contributed by atoms with van der Waals surface area (Å²) in [5, 5.41) is 2.42. The molecule has 2 aliphatic heterocycles. The monoisotopic (exact) mass is 152 g/mol. The molecule has 0 aromatic carbocycles. The van der Waals surface area contributed by atoms with Gasteiger partial charge in [0.05, 0.1) is 0 Å². The van der Waals surface area contributed by atoms with Gasteiger partial charge in [-0.3, -0.25) is 5.43 Å². The molecular weight excluding hydrogens is 136 g/mol. The third kappa shape index (κ3) is 1.63. The lowest BCUT2D eigenvalue weighted by Gasteiger charge is -2.33. The molecule has 1 atom stereocenters. The highest BCUT2D eigenvalue weighted by atomic mass is 15.5. The van der Waals surface area contributed by atoms with Gasteiger partial charge < -0.3 is 0 Å². The lowest BCUT2D eigenvalue weighted by Crippen LogP contribution is -2.47. The Morgan fingerprint density at radius 3 is 3.27 bits per heavy atom. The molecule has 0 aliphatic carbocycles. The topological polar surface area (TPSA) is 15.3 Å². The average molecular weight is 152 g/mol. The number of nitrogens with zero attached hydrogens (tertiary/aromatic N) is 1. The van der Waals surface area contributed by atoms with Gasteiger partial charge in [0.1, 0.15) is 0 Å². The van der Waals surface area contributed by atoms with Crippen molar-refractivity contribution in [2.75, 3.05) is 13.1 Å². The Morgan fingerprint density at radius 1 is 1.27 bits per heavy atom. The molecule has 2 rings (SSSR count). The minimum Gasteiger partial charge on any atom is -0.251 e. The van der Waals surface area contributed by atoms with E-state index in [0.29, 0.717) is 0 Å². The summed E-state index contributed by atoms with van der Waals surface area (Å²) in [5.41, 5.74) is 3.43. The first-order valence-corrected chi connectivity index (χ1v) is 4.62. The number of hydrazine groups is 1. The lowest BCUT2D eigenvalue weighted by atomic mass is 10.0. The van der Waals surface area contributed by atoms with Gasteiger partial charge in [0.15, 0.2) is 0 Å². The molecule has 0 amide bonds. The number of piperidine rings is 1. The van der Waals surface area contributed by atoms with Crippen molar-refractivity contribution in [3.8, 4) is 0 Å². The van der Waals surface area contributed by atoms with Gasteiger partial charge in [-0.25, -0.2) is 5.01 Å². The number of rotatable bonds is 0. The van der Waals surface area contributed by atoms with Crippen LogP contribution in [0.25, 0.3) is 0 Å². The van der Waals surface area contributed by atoms with Crippen LogP contribution in [0, 0.1) is 0 Å². The van der Waals surface area contributed by atoms with E-state index < -0.39 is 0 Å². The van der Waals surface area contributed by atoms with Crippen LogP contribution in [0.1, 0.15) is 25.7 Å². The van der Waals surface area contributed by atoms with Crippen molar-refractivity contribution in [3.05, 3.63) is 12.2 Å². The van der Waals surface area contributed by atoms with Gasteiger partial charge in [0.2, 0.25) is 0 Å². The van der Waals surface area contributed by atoms with E-state index in [4.69, 9.17) is 0 Å². The van der Waals surface area contributed by atoms with Crippen LogP contribution in [0.2, 0.25) is 0 Å². The molecule has 1 fully saturated rings. The molecule has 2 nitrogen and oxygen atoms in total. The van der Waals surface area contributed by atoms with Gasteiger partial charge in [0, 0.05) is 19.1 Å². The molecule has 0 radical (unpaired) electrons. The average Bonchev–Trinajstić information content (AvgIpc) is 2.28. The lowest BCUT2D eigenvalue weighted by molar-refractivity contribution is 0.0969. The van der Waals surface area contributed by atoms with Gasteiger partial charge in [-0.1, -0.05) is 18.6 Å². The fourth-order valence-electron chi connectivity index (χ4n) is 1.96. The van der Waals surface area contributed by atoms with Crippen LogP contribution >= 0.6 is 0 Å². The van der Waals surface area contributed by atoms with Gasteiger partial charge in [-0.2, -0.15) is 0 Å². The van der Waals surface area contributed by atoms with E-state index in [1.807, 2.05) is 0 Å². The Morgan fingerprint density at radius 2 is 2.27 bits per heavy atom. The first kappa shape index (κ1) is 7.32. The molecule has 0 spiro atoms. The molecule has 2 aliphatic rings. The zero-order valence-corrected chi connectivity index (χ0v) is 6.92. The SMILES string of the molecule is C1=CCC2CCCCN2NC1. The summed E-state index contributed by atoms with van der Waals surface area (Å²) < 4.78 is 0. The van der Waals surface area contributed by atoms with E-state index in [9.17, 15) is 0 Å². The van der Waals surface area contributed by atoms with Crippen molar-refractivity contribution in [1.82, 2.24) is 10.4 Å². The van der Waals surface area contributed by atoms with E-state index in [1.165, 1.54) is 32.2 Å². The molecule has 0 saturated carbocycles. The third-order valence-electron chi connectivity index (χ3n) is 2.61. The summed E-state index contributed by atoms with van der Waals surface area (Å²) in [6.07, 6.45) is 9.94. The third-order valence-corrected chi connectivity index (χ3v) is 2.61. The van der Waals surface area contributed by atoms with Crippen LogP contribution in [0.15, 0.2) is 12.2 Å². The number of nitrogens with one attached hydrogen (secondary N) is 1. The number of hydrogen-bond acceptors (Lipinski definition) is 2. The quantitative estimate of drug-likeness (QED) is 0.526. The molecule has 0 bridgehead atoms. The highest BCUT2D eigenvalue weighted by molar-refractivity contribution is 4.92. The largest absolute Gasteiger partial charge is 0.251 e. The summed E-state index contributed by atoms with van der Waals surface area (Å²) in [5.74, 6) is 0. The molecule has 62 valence electrons. The highest BCUT2D eigenvalue weighted by Gasteiger charge is 2.21. The molecular formula is C9H16N2. The van der Waals surface area contributed by atoms with Gasteiger partial charge in [0.25, 0.3) is 0 Å². The van der Waals surface area contributed by atoms with Crippen LogP contribution < -0.4 is 5.43 Å². The van der Waals surface area contributed by atoms with Crippen molar-refractivity contribution in [2.45, 2.75) is 31.7 Å². The smallest absolute Gasteiger partial charge is 0.0283 e. The van der Waals surface area contributed by atoms with Crippen LogP contribution in [0.5, 0.6) is 0 Å². The van der Waals surface area contributed by atoms with E-state index in [-0.39, 0.29) is 0 Å². The van der Waals surface area contributed by atoms with Crippen LogP contribution in [-0.2, 0) is 0 Å². The van der Waals surface area contributed by atoms with E-state index in [1.54, 1.807) is 0 Å². The van der Waals surface area contributed by atoms with Crippen LogP contribution in [0.3, 0.4) is 0 Å². The zero-order valence-electron chi connectivity index (χ0n) is 6.92. The second-order valence-corrected chi connectivity index (χ2v) is 3.41. The number of fused-ring (bicyclic) bond motifs is 1. The summed E-state index contributed by atoms with van der Waals surface area (Å²) in [7, 11) is 0. The standard InChI is InChI=1S/C9H16N2/c1-3-7-10-11-8-4-2-6-9(11)5-1/h1,3,9-10H,2,4-8H2. The van der Waals surface area contributed by atoms with Gasteiger partial charge in [-0.15, -0.1) is 0 Å². The second-order valence-electron chi connectivity index (χ2n) is 3.41. The molecule has 0 aromatic rings. The summed E-state index contributed by atoms with van der Waals surface area (Å²) in [6, 6.07) is 0.780. The fraction of sp³-hybridized carbons (Fsp3) is 0.778. The molecule has 1 unspecified atom stereocenters. The van der Waals surface area contributed by atoms with Crippen molar-refractivity contribution >= 4 is 0 Å². The Hall–Kier alpha value is -0.340. The minimum absolute atomic E-state index is 0.780. The normalized spacial score (nSPS) is 32.9. The summed E-state index contributed by atoms with van der Waals surface area (Å²) in [6.45, 7) is 2.27. The molecule has 1 N–H and O–H groups in total. The van der Waals surface area contributed by atoms with Crippen molar-refractivity contribution in [1.29, 1.82) is 0 Å². The molecule has 2 heteroatoms. The molecule has 2 heterocycles. The Bertz CT molecular complexity index is 154. The van der Waals surface area contributed by atoms with Crippen LogP contribution in [0.4, 0.5) is 0 Å². The van der Waals surface area contributed by atoms with Gasteiger partial charge in [-0.05, 0) is 19.3 Å². The summed E-state index contributed by atoms with van der Waals surface area (Å²) in [4.78, 5) is 0. The van der Waals surface area contributed by atoms with E-state index >= 15 is 0 Å². The Kier molecular flexibility index (Phi) is 2.24. The van der Waals surface area contributed by atoms with Crippen molar-refractivity contribution in [2.24, 2.45) is 0 Å².